The Labute approximate surface area is 110 Å². The van der Waals surface area contributed by atoms with Crippen LogP contribution in [0.2, 0.25) is 0 Å². The Kier molecular flexibility index (Phi) is 4.45. The first-order valence-corrected chi connectivity index (χ1v) is 7.14. The Bertz CT molecular complexity index is 394. The molecule has 0 radical (unpaired) electrons. The lowest BCUT2D eigenvalue weighted by atomic mass is 9.84. The zero-order chi connectivity index (χ0) is 13.0. The number of imidazole rings is 1. The van der Waals surface area contributed by atoms with Gasteiger partial charge >= 0.3 is 0 Å². The molecular weight excluding hydrogens is 222 g/mol. The summed E-state index contributed by atoms with van der Waals surface area (Å²) in [4.78, 5) is 4.58. The van der Waals surface area contributed by atoms with Crippen LogP contribution in [-0.2, 0) is 6.54 Å². The lowest BCUT2D eigenvalue weighted by Gasteiger charge is -2.29. The Balaban J connectivity index is 2.01. The van der Waals surface area contributed by atoms with Gasteiger partial charge in [-0.1, -0.05) is 32.3 Å². The second-order valence-electron chi connectivity index (χ2n) is 5.43. The van der Waals surface area contributed by atoms with E-state index >= 15 is 0 Å². The van der Waals surface area contributed by atoms with Gasteiger partial charge in [0, 0.05) is 18.8 Å². The SMILES string of the molecule is C=CCn1cc(C)nc1NC1CCCC(CC)C1. The quantitative estimate of drug-likeness (QED) is 0.803. The molecule has 2 rings (SSSR count). The van der Waals surface area contributed by atoms with Gasteiger partial charge in [-0.2, -0.15) is 0 Å². The van der Waals surface area contributed by atoms with Crippen molar-refractivity contribution in [2.24, 2.45) is 5.92 Å². The van der Waals surface area contributed by atoms with E-state index in [4.69, 9.17) is 0 Å². The van der Waals surface area contributed by atoms with Crippen molar-refractivity contribution in [3.63, 3.8) is 0 Å². The Morgan fingerprint density at radius 3 is 3.11 bits per heavy atom. The molecule has 18 heavy (non-hydrogen) atoms. The highest BCUT2D eigenvalue weighted by Gasteiger charge is 2.21. The molecule has 3 heteroatoms. The summed E-state index contributed by atoms with van der Waals surface area (Å²) in [5, 5.41) is 3.62. The van der Waals surface area contributed by atoms with Gasteiger partial charge in [0.15, 0.2) is 0 Å². The highest BCUT2D eigenvalue weighted by atomic mass is 15.2. The second-order valence-corrected chi connectivity index (χ2v) is 5.43. The molecule has 1 heterocycles. The maximum absolute atomic E-state index is 4.58. The smallest absolute Gasteiger partial charge is 0.203 e. The maximum atomic E-state index is 4.58. The van der Waals surface area contributed by atoms with Crippen LogP contribution in [0.5, 0.6) is 0 Å². The molecule has 0 aliphatic heterocycles. The van der Waals surface area contributed by atoms with Crippen molar-refractivity contribution >= 4 is 5.95 Å². The molecule has 1 aliphatic rings. The molecule has 1 N–H and O–H groups in total. The fourth-order valence-corrected chi connectivity index (χ4v) is 2.92. The molecule has 0 spiro atoms. The fourth-order valence-electron chi connectivity index (χ4n) is 2.92. The van der Waals surface area contributed by atoms with Crippen molar-refractivity contribution in [1.82, 2.24) is 9.55 Å². The van der Waals surface area contributed by atoms with Crippen molar-refractivity contribution in [3.05, 3.63) is 24.5 Å². The van der Waals surface area contributed by atoms with E-state index < -0.39 is 0 Å². The zero-order valence-electron chi connectivity index (χ0n) is 11.7. The van der Waals surface area contributed by atoms with Gasteiger partial charge in [0.2, 0.25) is 5.95 Å². The number of rotatable bonds is 5. The molecule has 100 valence electrons. The molecule has 0 aromatic carbocycles. The normalized spacial score (nSPS) is 23.9. The molecular formula is C15H25N3. The minimum Gasteiger partial charge on any atom is -0.353 e. The van der Waals surface area contributed by atoms with Crippen LogP contribution < -0.4 is 5.32 Å². The molecule has 2 atom stereocenters. The van der Waals surface area contributed by atoms with E-state index in [1.807, 2.05) is 13.0 Å². The second kappa shape index (κ2) is 6.07. The van der Waals surface area contributed by atoms with E-state index in [2.05, 4.69) is 34.6 Å². The molecule has 2 unspecified atom stereocenters. The minimum absolute atomic E-state index is 0.592. The summed E-state index contributed by atoms with van der Waals surface area (Å²) in [6, 6.07) is 0.592. The van der Waals surface area contributed by atoms with Gasteiger partial charge in [-0.3, -0.25) is 0 Å². The van der Waals surface area contributed by atoms with Crippen molar-refractivity contribution in [2.75, 3.05) is 5.32 Å². The molecule has 1 fully saturated rings. The number of allylic oxidation sites excluding steroid dienone is 1. The van der Waals surface area contributed by atoms with Crippen LogP contribution in [0, 0.1) is 12.8 Å². The number of anilines is 1. The first kappa shape index (κ1) is 13.2. The topological polar surface area (TPSA) is 29.9 Å². The van der Waals surface area contributed by atoms with Crippen LogP contribution in [0.1, 0.15) is 44.7 Å². The Morgan fingerprint density at radius 1 is 1.56 bits per heavy atom. The van der Waals surface area contributed by atoms with Crippen molar-refractivity contribution in [2.45, 2.75) is 58.5 Å². The summed E-state index contributed by atoms with van der Waals surface area (Å²) < 4.78 is 2.15. The predicted molar refractivity (Wildman–Crippen MR) is 76.8 cm³/mol. The highest BCUT2D eigenvalue weighted by molar-refractivity contribution is 5.30. The lowest BCUT2D eigenvalue weighted by molar-refractivity contribution is 0.326. The Hall–Kier alpha value is -1.25. The summed E-state index contributed by atoms with van der Waals surface area (Å²) in [5.74, 6) is 1.90. The van der Waals surface area contributed by atoms with Gasteiger partial charge < -0.3 is 9.88 Å². The summed E-state index contributed by atoms with van der Waals surface area (Å²) >= 11 is 0. The third-order valence-electron chi connectivity index (χ3n) is 3.92. The van der Waals surface area contributed by atoms with Crippen molar-refractivity contribution in [1.29, 1.82) is 0 Å². The van der Waals surface area contributed by atoms with Crippen LogP contribution in [0.3, 0.4) is 0 Å². The van der Waals surface area contributed by atoms with Crippen molar-refractivity contribution in [3.8, 4) is 0 Å². The molecule has 0 bridgehead atoms. The zero-order valence-corrected chi connectivity index (χ0v) is 11.7. The predicted octanol–water partition coefficient (Wildman–Crippen LogP) is 3.76. The number of aromatic nitrogens is 2. The molecule has 1 aromatic rings. The number of aryl methyl sites for hydroxylation is 1. The first-order valence-electron chi connectivity index (χ1n) is 7.14. The van der Waals surface area contributed by atoms with Gasteiger partial charge in [-0.05, 0) is 25.7 Å². The van der Waals surface area contributed by atoms with E-state index in [1.54, 1.807) is 0 Å². The largest absolute Gasteiger partial charge is 0.353 e. The van der Waals surface area contributed by atoms with Crippen LogP contribution in [0.4, 0.5) is 5.95 Å². The fraction of sp³-hybridized carbons (Fsp3) is 0.667. The van der Waals surface area contributed by atoms with Gasteiger partial charge in [-0.15, -0.1) is 6.58 Å². The molecule has 1 aliphatic carbocycles. The van der Waals surface area contributed by atoms with E-state index in [0.717, 1.165) is 24.1 Å². The lowest BCUT2D eigenvalue weighted by Crippen LogP contribution is -2.28. The first-order chi connectivity index (χ1) is 8.72. The molecule has 3 nitrogen and oxygen atoms in total. The number of hydrogen-bond donors (Lipinski definition) is 1. The average molecular weight is 247 g/mol. The maximum Gasteiger partial charge on any atom is 0.203 e. The highest BCUT2D eigenvalue weighted by Crippen LogP contribution is 2.28. The summed E-state index contributed by atoms with van der Waals surface area (Å²) in [7, 11) is 0. The third kappa shape index (κ3) is 3.15. The van der Waals surface area contributed by atoms with Gasteiger partial charge in [0.25, 0.3) is 0 Å². The van der Waals surface area contributed by atoms with Gasteiger partial charge in [0.05, 0.1) is 5.69 Å². The van der Waals surface area contributed by atoms with Crippen LogP contribution in [0.25, 0.3) is 0 Å². The molecule has 0 saturated heterocycles. The summed E-state index contributed by atoms with van der Waals surface area (Å²) in [5.41, 5.74) is 1.07. The summed E-state index contributed by atoms with van der Waals surface area (Å²) in [6.07, 6.45) is 10.6. The van der Waals surface area contributed by atoms with E-state index in [9.17, 15) is 0 Å². The van der Waals surface area contributed by atoms with Crippen LogP contribution in [-0.4, -0.2) is 15.6 Å². The van der Waals surface area contributed by atoms with Gasteiger partial charge in [0.1, 0.15) is 0 Å². The average Bonchev–Trinajstić information content (AvgIpc) is 2.70. The van der Waals surface area contributed by atoms with E-state index in [0.29, 0.717) is 6.04 Å². The molecule has 1 aromatic heterocycles. The Morgan fingerprint density at radius 2 is 2.39 bits per heavy atom. The van der Waals surface area contributed by atoms with Crippen molar-refractivity contribution < 1.29 is 0 Å². The van der Waals surface area contributed by atoms with Crippen LogP contribution >= 0.6 is 0 Å². The monoisotopic (exact) mass is 247 g/mol. The molecule has 0 amide bonds. The van der Waals surface area contributed by atoms with E-state index in [-0.39, 0.29) is 0 Å². The van der Waals surface area contributed by atoms with Gasteiger partial charge in [-0.25, -0.2) is 4.98 Å². The minimum atomic E-state index is 0.592. The third-order valence-corrected chi connectivity index (χ3v) is 3.92. The molecule has 1 saturated carbocycles. The standard InChI is InChI=1S/C15H25N3/c1-4-9-18-11-12(3)16-15(18)17-14-8-6-7-13(5-2)10-14/h4,11,13-14H,1,5-10H2,2-3H3,(H,16,17). The van der Waals surface area contributed by atoms with Crippen LogP contribution in [0.15, 0.2) is 18.9 Å². The number of nitrogens with one attached hydrogen (secondary N) is 1. The van der Waals surface area contributed by atoms with E-state index in [1.165, 1.54) is 32.1 Å². The number of hydrogen-bond acceptors (Lipinski definition) is 2. The summed E-state index contributed by atoms with van der Waals surface area (Å²) in [6.45, 7) is 8.97. The number of nitrogens with zero attached hydrogens (tertiary/aromatic N) is 2.